The van der Waals surface area contributed by atoms with E-state index in [1.165, 1.54) is 29.2 Å². The Morgan fingerprint density at radius 3 is 2.57 bits per heavy atom. The molecule has 0 unspecified atom stereocenters. The number of benzene rings is 2. The van der Waals surface area contributed by atoms with Gasteiger partial charge in [-0.3, -0.25) is 19.8 Å². The molecule has 1 fully saturated rings. The van der Waals surface area contributed by atoms with Gasteiger partial charge in [-0.25, -0.2) is 0 Å². The molecule has 28 heavy (non-hydrogen) atoms. The van der Waals surface area contributed by atoms with Crippen molar-refractivity contribution in [3.05, 3.63) is 64.7 Å². The monoisotopic (exact) mass is 415 g/mol. The third-order valence-corrected chi connectivity index (χ3v) is 4.31. The number of carboxylic acids is 1. The third kappa shape index (κ3) is 4.19. The zero-order valence-electron chi connectivity index (χ0n) is 14.2. The van der Waals surface area contributed by atoms with E-state index >= 15 is 0 Å². The van der Waals surface area contributed by atoms with Gasteiger partial charge in [-0.05, 0) is 48.1 Å². The summed E-state index contributed by atoms with van der Waals surface area (Å²) in [6, 6.07) is 13.1. The Kier molecular flexibility index (Phi) is 5.72. The number of carbonyl (C=O) groups excluding carboxylic acids is 3. The van der Waals surface area contributed by atoms with Crippen molar-refractivity contribution in [2.45, 2.75) is 0 Å². The summed E-state index contributed by atoms with van der Waals surface area (Å²) in [4.78, 5) is 36.8. The van der Waals surface area contributed by atoms with E-state index < -0.39 is 24.4 Å². The molecule has 0 bridgehead atoms. The van der Waals surface area contributed by atoms with Gasteiger partial charge in [-0.1, -0.05) is 35.9 Å². The number of aliphatic carboxylic acids is 1. The molecule has 2 aromatic rings. The molecule has 2 aromatic carbocycles. The zero-order chi connectivity index (χ0) is 20.3. The lowest BCUT2D eigenvalue weighted by Crippen LogP contribution is -2.54. The fourth-order valence-electron chi connectivity index (χ4n) is 2.50. The number of nitrogens with zero attached hydrogens (tertiary/aromatic N) is 1. The van der Waals surface area contributed by atoms with Gasteiger partial charge in [0, 0.05) is 0 Å². The van der Waals surface area contributed by atoms with Crippen molar-refractivity contribution in [3.8, 4) is 5.75 Å². The predicted octanol–water partition coefficient (Wildman–Crippen LogP) is 1.30. The van der Waals surface area contributed by atoms with E-state index in [2.05, 4.69) is 5.32 Å². The highest BCUT2D eigenvalue weighted by atomic mass is 35.5. The molecule has 142 valence electrons. The normalized spacial score (nSPS) is 15.5. The summed E-state index contributed by atoms with van der Waals surface area (Å²) >= 11 is 11.2. The first-order chi connectivity index (χ1) is 13.4. The Bertz CT molecular complexity index is 1010. The largest absolute Gasteiger partial charge is 0.546 e. The molecule has 0 aromatic heterocycles. The Hall–Kier alpha value is -3.23. The molecule has 1 N–H and O–H groups in total. The average Bonchev–Trinajstić information content (AvgIpc) is 2.65. The molecule has 0 saturated carbocycles. The van der Waals surface area contributed by atoms with Gasteiger partial charge in [0.1, 0.15) is 17.9 Å². The summed E-state index contributed by atoms with van der Waals surface area (Å²) in [5, 5.41) is 13.1. The lowest BCUT2D eigenvalue weighted by Gasteiger charge is -2.28. The minimum absolute atomic E-state index is 0.0117. The van der Waals surface area contributed by atoms with Crippen molar-refractivity contribution in [1.29, 1.82) is 0 Å². The van der Waals surface area contributed by atoms with Gasteiger partial charge in [0.2, 0.25) is 0 Å². The number of hydrogen-bond donors (Lipinski definition) is 1. The summed E-state index contributed by atoms with van der Waals surface area (Å²) < 4.78 is 4.99. The van der Waals surface area contributed by atoms with Crippen LogP contribution in [0.5, 0.6) is 5.75 Å². The highest BCUT2D eigenvalue weighted by Gasteiger charge is 2.34. The van der Waals surface area contributed by atoms with E-state index in [0.717, 1.165) is 0 Å². The maximum atomic E-state index is 12.9. The number of carbonyl (C=O) groups is 3. The van der Waals surface area contributed by atoms with E-state index in [-0.39, 0.29) is 21.5 Å². The molecule has 1 aliphatic heterocycles. The van der Waals surface area contributed by atoms with Gasteiger partial charge >= 0.3 is 0 Å². The number of hydrogen-bond acceptors (Lipinski definition) is 6. The Morgan fingerprint density at radius 1 is 1.21 bits per heavy atom. The van der Waals surface area contributed by atoms with Crippen LogP contribution in [0.25, 0.3) is 6.08 Å². The molecule has 0 aliphatic carbocycles. The van der Waals surface area contributed by atoms with Gasteiger partial charge in [0.05, 0.1) is 16.7 Å². The van der Waals surface area contributed by atoms with E-state index in [1.807, 2.05) is 0 Å². The molecule has 1 heterocycles. The molecule has 7 nitrogen and oxygen atoms in total. The molecule has 1 saturated heterocycles. The topological polar surface area (TPSA) is 98.8 Å². The third-order valence-electron chi connectivity index (χ3n) is 3.73. The highest BCUT2D eigenvalue weighted by Crippen LogP contribution is 2.27. The average molecular weight is 416 g/mol. The summed E-state index contributed by atoms with van der Waals surface area (Å²) in [6.07, 6.45) is 1.36. The fourth-order valence-corrected chi connectivity index (χ4v) is 3.02. The summed E-state index contributed by atoms with van der Waals surface area (Å²) in [5.41, 5.74) is 0.842. The van der Waals surface area contributed by atoms with E-state index in [9.17, 15) is 19.5 Å². The van der Waals surface area contributed by atoms with Crippen LogP contribution >= 0.6 is 23.8 Å². The maximum Gasteiger partial charge on any atom is 0.270 e. The fraction of sp³-hybridized carbons (Fsp3) is 0.0526. The molecule has 0 radical (unpaired) electrons. The molecular weight excluding hydrogens is 404 g/mol. The van der Waals surface area contributed by atoms with Crippen molar-refractivity contribution < 1.29 is 24.2 Å². The zero-order valence-corrected chi connectivity index (χ0v) is 15.8. The minimum atomic E-state index is -1.39. The Labute approximate surface area is 170 Å². The summed E-state index contributed by atoms with van der Waals surface area (Å²) in [6.45, 7) is -0.648. The van der Waals surface area contributed by atoms with Gasteiger partial charge in [0.25, 0.3) is 11.8 Å². The summed E-state index contributed by atoms with van der Waals surface area (Å²) in [5.74, 6) is -2.45. The number of thiocarbonyl (C=S) groups is 1. The molecule has 0 atom stereocenters. The molecule has 9 heteroatoms. The Balaban J connectivity index is 1.91. The molecule has 3 rings (SSSR count). The first kappa shape index (κ1) is 19.5. The molecular formula is C19H12ClN2O5S-. The van der Waals surface area contributed by atoms with Crippen LogP contribution in [0.1, 0.15) is 5.56 Å². The maximum absolute atomic E-state index is 12.9. The van der Waals surface area contributed by atoms with Gasteiger partial charge in [-0.15, -0.1) is 0 Å². The molecule has 1 aliphatic rings. The van der Waals surface area contributed by atoms with Crippen molar-refractivity contribution in [3.63, 3.8) is 0 Å². The smallest absolute Gasteiger partial charge is 0.270 e. The van der Waals surface area contributed by atoms with E-state index in [0.29, 0.717) is 11.3 Å². The number of halogens is 1. The second-order valence-electron chi connectivity index (χ2n) is 5.64. The van der Waals surface area contributed by atoms with Crippen LogP contribution < -0.4 is 20.1 Å². The van der Waals surface area contributed by atoms with Gasteiger partial charge < -0.3 is 14.6 Å². The number of amides is 2. The van der Waals surface area contributed by atoms with Crippen LogP contribution in [0, 0.1) is 0 Å². The van der Waals surface area contributed by atoms with Crippen molar-refractivity contribution >= 4 is 58.5 Å². The highest BCUT2D eigenvalue weighted by molar-refractivity contribution is 7.80. The number of nitrogens with one attached hydrogen (secondary N) is 1. The van der Waals surface area contributed by atoms with Crippen LogP contribution in [0.4, 0.5) is 5.69 Å². The number of para-hydroxylation sites is 1. The SMILES string of the molecule is O=C([O-])COc1ccc(/C=C2\C(=O)NC(=S)N(c3ccccc3)C2=O)cc1Cl. The lowest BCUT2D eigenvalue weighted by molar-refractivity contribution is -0.307. The number of carboxylic acid groups (broad SMARTS) is 1. The van der Waals surface area contributed by atoms with E-state index in [1.54, 1.807) is 30.3 Å². The van der Waals surface area contributed by atoms with Crippen LogP contribution in [0.15, 0.2) is 54.1 Å². The number of anilines is 1. The standard InChI is InChI=1S/C19H13ClN2O5S/c20-14-9-11(6-7-15(14)27-10-16(23)24)8-13-17(25)21-19(28)22(18(13)26)12-4-2-1-3-5-12/h1-9H,10H2,(H,23,24)(H,21,25,28)/p-1/b13-8+. The van der Waals surface area contributed by atoms with Crippen molar-refractivity contribution in [2.75, 3.05) is 11.5 Å². The molecule has 0 spiro atoms. The minimum Gasteiger partial charge on any atom is -0.546 e. The molecule has 2 amide bonds. The lowest BCUT2D eigenvalue weighted by atomic mass is 10.1. The van der Waals surface area contributed by atoms with Crippen molar-refractivity contribution in [2.24, 2.45) is 0 Å². The quantitative estimate of drug-likeness (QED) is 0.449. The number of ether oxygens (including phenoxy) is 1. The van der Waals surface area contributed by atoms with Crippen LogP contribution in [-0.2, 0) is 14.4 Å². The van der Waals surface area contributed by atoms with Crippen LogP contribution in [0.2, 0.25) is 5.02 Å². The first-order valence-electron chi connectivity index (χ1n) is 7.95. The number of rotatable bonds is 5. The van der Waals surface area contributed by atoms with Crippen molar-refractivity contribution in [1.82, 2.24) is 5.32 Å². The van der Waals surface area contributed by atoms with Gasteiger partial charge in [0.15, 0.2) is 5.11 Å². The van der Waals surface area contributed by atoms with Crippen LogP contribution in [0.3, 0.4) is 0 Å². The second-order valence-corrected chi connectivity index (χ2v) is 6.44. The van der Waals surface area contributed by atoms with E-state index in [4.69, 9.17) is 28.6 Å². The Morgan fingerprint density at radius 2 is 1.93 bits per heavy atom. The van der Waals surface area contributed by atoms with Crippen LogP contribution in [-0.4, -0.2) is 29.5 Å². The van der Waals surface area contributed by atoms with Gasteiger partial charge in [-0.2, -0.15) is 0 Å². The summed E-state index contributed by atoms with van der Waals surface area (Å²) in [7, 11) is 0. The first-order valence-corrected chi connectivity index (χ1v) is 8.74. The predicted molar refractivity (Wildman–Crippen MR) is 105 cm³/mol. The second kappa shape index (κ2) is 8.20.